The van der Waals surface area contributed by atoms with Crippen molar-refractivity contribution in [1.29, 1.82) is 0 Å². The highest BCUT2D eigenvalue weighted by molar-refractivity contribution is 7.09. The average Bonchev–Trinajstić information content (AvgIpc) is 3.49. The smallest absolute Gasteiger partial charge is 0.287 e. The minimum absolute atomic E-state index is 0.237. The molecule has 0 atom stereocenters. The van der Waals surface area contributed by atoms with Crippen LogP contribution in [0.4, 0.5) is 0 Å². The fourth-order valence-corrected chi connectivity index (χ4v) is 4.88. The summed E-state index contributed by atoms with van der Waals surface area (Å²) in [5.41, 5.74) is 1.83. The number of hydrogen-bond donors (Lipinski definition) is 2. The third-order valence-corrected chi connectivity index (χ3v) is 6.97. The quantitative estimate of drug-likeness (QED) is 0.461. The second-order valence-electron chi connectivity index (χ2n) is 8.29. The van der Waals surface area contributed by atoms with Crippen molar-refractivity contribution < 1.29 is 14.3 Å². The number of pyridine rings is 1. The van der Waals surface area contributed by atoms with E-state index in [-0.39, 0.29) is 11.7 Å². The first-order valence-corrected chi connectivity index (χ1v) is 11.7. The van der Waals surface area contributed by atoms with Gasteiger partial charge in [0.05, 0.1) is 12.1 Å². The SMILES string of the molecule is O=C(NCc1cccs1)c1cc2cc(C3(O)CCN(Cc4cccnc4)CC3)ccc2o1. The standard InChI is InChI=1S/C25H25N3O3S/c29-24(27-16-21-4-2-12-32-21)23-14-19-13-20(5-6-22(19)31-23)25(30)7-10-28(11-8-25)17-18-3-1-9-26-15-18/h1-6,9,12-15,30H,7-8,10-11,16-17H2,(H,27,29). The van der Waals surface area contributed by atoms with Crippen molar-refractivity contribution in [2.45, 2.75) is 31.5 Å². The van der Waals surface area contributed by atoms with E-state index in [1.165, 1.54) is 5.56 Å². The molecule has 7 heteroatoms. The van der Waals surface area contributed by atoms with Crippen LogP contribution in [0.25, 0.3) is 11.0 Å². The fourth-order valence-electron chi connectivity index (χ4n) is 4.23. The lowest BCUT2D eigenvalue weighted by Gasteiger charge is -2.38. The van der Waals surface area contributed by atoms with Crippen molar-refractivity contribution in [2.24, 2.45) is 0 Å². The average molecular weight is 448 g/mol. The van der Waals surface area contributed by atoms with Crippen LogP contribution in [0.2, 0.25) is 0 Å². The van der Waals surface area contributed by atoms with Crippen molar-refractivity contribution in [1.82, 2.24) is 15.2 Å². The molecule has 1 amide bonds. The molecule has 1 aromatic carbocycles. The maximum atomic E-state index is 12.5. The van der Waals surface area contributed by atoms with Gasteiger partial charge in [0.15, 0.2) is 5.76 Å². The van der Waals surface area contributed by atoms with E-state index in [4.69, 9.17) is 4.42 Å². The zero-order valence-electron chi connectivity index (χ0n) is 17.7. The molecule has 6 nitrogen and oxygen atoms in total. The Morgan fingerprint density at radius 1 is 1.19 bits per heavy atom. The number of nitrogens with one attached hydrogen (secondary N) is 1. The number of benzene rings is 1. The number of furan rings is 1. The molecule has 32 heavy (non-hydrogen) atoms. The fraction of sp³-hybridized carbons (Fsp3) is 0.280. The van der Waals surface area contributed by atoms with Gasteiger partial charge in [0, 0.05) is 42.3 Å². The molecule has 4 heterocycles. The van der Waals surface area contributed by atoms with Crippen molar-refractivity contribution in [2.75, 3.05) is 13.1 Å². The molecule has 1 aliphatic heterocycles. The van der Waals surface area contributed by atoms with Crippen LogP contribution in [0.5, 0.6) is 0 Å². The first-order chi connectivity index (χ1) is 15.6. The van der Waals surface area contributed by atoms with Gasteiger partial charge in [0.1, 0.15) is 5.58 Å². The predicted molar refractivity (Wildman–Crippen MR) is 124 cm³/mol. The third-order valence-electron chi connectivity index (χ3n) is 6.09. The van der Waals surface area contributed by atoms with Gasteiger partial charge in [-0.25, -0.2) is 0 Å². The molecule has 1 saturated heterocycles. The van der Waals surface area contributed by atoms with E-state index in [0.29, 0.717) is 25.0 Å². The van der Waals surface area contributed by atoms with Crippen LogP contribution in [-0.4, -0.2) is 34.0 Å². The van der Waals surface area contributed by atoms with Crippen molar-refractivity contribution in [3.8, 4) is 0 Å². The number of fused-ring (bicyclic) bond motifs is 1. The van der Waals surface area contributed by atoms with E-state index in [1.807, 2.05) is 48.0 Å². The van der Waals surface area contributed by atoms with Gasteiger partial charge in [0.25, 0.3) is 5.91 Å². The van der Waals surface area contributed by atoms with Crippen LogP contribution >= 0.6 is 11.3 Å². The number of amides is 1. The topological polar surface area (TPSA) is 78.6 Å². The Bertz CT molecular complexity index is 1200. The van der Waals surface area contributed by atoms with Crippen LogP contribution in [0.3, 0.4) is 0 Å². The minimum Gasteiger partial charge on any atom is -0.451 e. The summed E-state index contributed by atoms with van der Waals surface area (Å²) in [7, 11) is 0. The molecule has 4 aromatic rings. The van der Waals surface area contributed by atoms with E-state index < -0.39 is 5.60 Å². The summed E-state index contributed by atoms with van der Waals surface area (Å²) in [5.74, 6) is 0.0468. The number of likely N-dealkylation sites (tertiary alicyclic amines) is 1. The van der Waals surface area contributed by atoms with E-state index in [9.17, 15) is 9.90 Å². The van der Waals surface area contributed by atoms with Crippen molar-refractivity contribution in [3.63, 3.8) is 0 Å². The first-order valence-electron chi connectivity index (χ1n) is 10.8. The largest absolute Gasteiger partial charge is 0.451 e. The van der Waals surface area contributed by atoms with Crippen LogP contribution < -0.4 is 5.32 Å². The van der Waals surface area contributed by atoms with Crippen LogP contribution in [0.1, 0.15) is 39.4 Å². The highest BCUT2D eigenvalue weighted by Gasteiger charge is 2.34. The summed E-state index contributed by atoms with van der Waals surface area (Å²) in [5, 5.41) is 17.0. The molecule has 0 bridgehead atoms. The van der Waals surface area contributed by atoms with Crippen LogP contribution in [0, 0.1) is 0 Å². The number of aromatic nitrogens is 1. The summed E-state index contributed by atoms with van der Waals surface area (Å²) < 4.78 is 5.75. The molecule has 0 spiro atoms. The Labute approximate surface area is 190 Å². The normalized spacial score (nSPS) is 16.3. The summed E-state index contributed by atoms with van der Waals surface area (Å²) in [6.07, 6.45) is 4.99. The van der Waals surface area contributed by atoms with E-state index in [2.05, 4.69) is 21.3 Å². The molecular formula is C25H25N3O3S. The lowest BCUT2D eigenvalue weighted by molar-refractivity contribution is -0.0276. The Kier molecular flexibility index (Phi) is 5.78. The molecule has 0 unspecified atom stereocenters. The zero-order valence-corrected chi connectivity index (χ0v) is 18.5. The molecule has 5 rings (SSSR count). The van der Waals surface area contributed by atoms with E-state index in [0.717, 1.165) is 35.5 Å². The monoisotopic (exact) mass is 447 g/mol. The van der Waals surface area contributed by atoms with Gasteiger partial charge in [-0.3, -0.25) is 14.7 Å². The number of rotatable bonds is 6. The third kappa shape index (κ3) is 4.46. The molecule has 0 saturated carbocycles. The number of piperidine rings is 1. The summed E-state index contributed by atoms with van der Waals surface area (Å²) in [4.78, 5) is 20.1. The Morgan fingerprint density at radius 2 is 2.06 bits per heavy atom. The number of aliphatic hydroxyl groups is 1. The lowest BCUT2D eigenvalue weighted by atomic mass is 9.84. The Morgan fingerprint density at radius 3 is 2.81 bits per heavy atom. The lowest BCUT2D eigenvalue weighted by Crippen LogP contribution is -2.42. The molecule has 1 aliphatic rings. The number of carbonyl (C=O) groups is 1. The molecule has 164 valence electrons. The summed E-state index contributed by atoms with van der Waals surface area (Å²) >= 11 is 1.60. The minimum atomic E-state index is -0.876. The number of thiophene rings is 1. The van der Waals surface area contributed by atoms with Crippen LogP contribution in [0.15, 0.2) is 70.7 Å². The van der Waals surface area contributed by atoms with Gasteiger partial charge in [0.2, 0.25) is 0 Å². The van der Waals surface area contributed by atoms with Gasteiger partial charge in [-0.2, -0.15) is 0 Å². The maximum Gasteiger partial charge on any atom is 0.287 e. The Hall–Kier alpha value is -3.00. The van der Waals surface area contributed by atoms with E-state index in [1.54, 1.807) is 23.6 Å². The summed E-state index contributed by atoms with van der Waals surface area (Å²) in [6.45, 7) is 2.94. The molecule has 0 aliphatic carbocycles. The van der Waals surface area contributed by atoms with Crippen molar-refractivity contribution >= 4 is 28.2 Å². The van der Waals surface area contributed by atoms with Gasteiger partial charge in [-0.1, -0.05) is 18.2 Å². The van der Waals surface area contributed by atoms with Gasteiger partial charge in [-0.05, 0) is 59.7 Å². The Balaban J connectivity index is 1.25. The van der Waals surface area contributed by atoms with Crippen molar-refractivity contribution in [3.05, 3.63) is 88.1 Å². The van der Waals surface area contributed by atoms with Gasteiger partial charge >= 0.3 is 0 Å². The number of nitrogens with zero attached hydrogens (tertiary/aromatic N) is 2. The maximum absolute atomic E-state index is 12.5. The molecule has 2 N–H and O–H groups in total. The second kappa shape index (κ2) is 8.86. The van der Waals surface area contributed by atoms with Gasteiger partial charge < -0.3 is 14.8 Å². The molecule has 0 radical (unpaired) electrons. The zero-order chi connectivity index (χ0) is 22.0. The number of carbonyl (C=O) groups excluding carboxylic acids is 1. The highest BCUT2D eigenvalue weighted by Crippen LogP contribution is 2.35. The predicted octanol–water partition coefficient (Wildman–Crippen LogP) is 4.30. The number of hydrogen-bond acceptors (Lipinski definition) is 6. The van der Waals surface area contributed by atoms with E-state index >= 15 is 0 Å². The summed E-state index contributed by atoms with van der Waals surface area (Å²) in [6, 6.07) is 15.4. The molecule has 3 aromatic heterocycles. The molecule has 1 fully saturated rings. The highest BCUT2D eigenvalue weighted by atomic mass is 32.1. The molecular weight excluding hydrogens is 422 g/mol. The van der Waals surface area contributed by atoms with Gasteiger partial charge in [-0.15, -0.1) is 11.3 Å². The second-order valence-corrected chi connectivity index (χ2v) is 9.33. The first kappa shape index (κ1) is 20.9. The van der Waals surface area contributed by atoms with Crippen LogP contribution in [-0.2, 0) is 18.7 Å².